The van der Waals surface area contributed by atoms with Crippen molar-refractivity contribution in [3.8, 4) is 0 Å². The number of hydrogen-bond donors (Lipinski definition) is 2. The summed E-state index contributed by atoms with van der Waals surface area (Å²) in [5.41, 5.74) is 0.675. The van der Waals surface area contributed by atoms with Gasteiger partial charge in [-0.05, 0) is 12.3 Å². The van der Waals surface area contributed by atoms with E-state index in [1.165, 1.54) is 0 Å². The summed E-state index contributed by atoms with van der Waals surface area (Å²) in [7, 11) is 0. The van der Waals surface area contributed by atoms with Gasteiger partial charge in [-0.1, -0.05) is 38.5 Å². The number of piperazine rings is 1. The lowest BCUT2D eigenvalue weighted by Crippen LogP contribution is -2.64. The van der Waals surface area contributed by atoms with Crippen LogP contribution in [0.2, 0.25) is 0 Å². The van der Waals surface area contributed by atoms with E-state index in [1.54, 1.807) is 10.3 Å². The number of H-pyrrole nitrogens is 1. The van der Waals surface area contributed by atoms with Gasteiger partial charge in [0.1, 0.15) is 12.1 Å². The number of carbonyl (C=O) groups excluding carboxylic acids is 2. The van der Waals surface area contributed by atoms with Gasteiger partial charge in [-0.25, -0.2) is 0 Å². The predicted octanol–water partition coefficient (Wildman–Crippen LogP) is 1.09. The van der Waals surface area contributed by atoms with Gasteiger partial charge in [-0.15, -0.1) is 0 Å². The molecule has 1 aromatic heterocycles. The highest BCUT2D eigenvalue weighted by atomic mass is 32.1. The van der Waals surface area contributed by atoms with Crippen LogP contribution in [0.5, 0.6) is 0 Å². The van der Waals surface area contributed by atoms with E-state index in [-0.39, 0.29) is 29.1 Å². The molecule has 0 bridgehead atoms. The van der Waals surface area contributed by atoms with Gasteiger partial charge in [-0.2, -0.15) is 0 Å². The highest BCUT2D eigenvalue weighted by Gasteiger charge is 2.41. The van der Waals surface area contributed by atoms with Crippen molar-refractivity contribution in [2.75, 3.05) is 0 Å². The topological polar surface area (TPSA) is 82.3 Å². The maximum atomic E-state index is 12.6. The van der Waals surface area contributed by atoms with E-state index in [4.69, 9.17) is 0 Å². The molecule has 7 heteroatoms. The number of hydrogen-bond acceptors (Lipinski definition) is 4. The number of rotatable bonds is 5. The summed E-state index contributed by atoms with van der Waals surface area (Å²) in [6, 6.07) is -0.947. The van der Waals surface area contributed by atoms with Crippen molar-refractivity contribution in [3.05, 3.63) is 20.7 Å². The minimum absolute atomic E-state index is 0.0156. The highest BCUT2D eigenvalue weighted by Crippen LogP contribution is 2.21. The molecule has 1 aliphatic rings. The van der Waals surface area contributed by atoms with E-state index in [0.29, 0.717) is 12.1 Å². The van der Waals surface area contributed by atoms with Crippen LogP contribution >= 0.6 is 11.3 Å². The van der Waals surface area contributed by atoms with Crippen molar-refractivity contribution >= 4 is 23.2 Å². The molecular weight excluding hydrogens is 290 g/mol. The highest BCUT2D eigenvalue weighted by molar-refractivity contribution is 7.07. The van der Waals surface area contributed by atoms with Gasteiger partial charge in [0.25, 0.3) is 0 Å². The first kappa shape index (κ1) is 15.8. The largest absolute Gasteiger partial charge is 0.342 e. The first-order valence-electron chi connectivity index (χ1n) is 7.21. The Morgan fingerprint density at radius 2 is 2.05 bits per heavy atom. The van der Waals surface area contributed by atoms with Crippen LogP contribution in [0, 0.1) is 5.92 Å². The number of carbonyl (C=O) groups is 2. The first-order chi connectivity index (χ1) is 9.93. The van der Waals surface area contributed by atoms with Crippen LogP contribution in [-0.4, -0.2) is 33.8 Å². The zero-order valence-corrected chi connectivity index (χ0v) is 13.3. The minimum atomic E-state index is -0.492. The van der Waals surface area contributed by atoms with Gasteiger partial charge in [-0.3, -0.25) is 14.4 Å². The molecule has 0 saturated carbocycles. The molecule has 0 spiro atoms. The third kappa shape index (κ3) is 3.34. The maximum absolute atomic E-state index is 12.6. The molecule has 1 aliphatic heterocycles. The lowest BCUT2D eigenvalue weighted by atomic mass is 9.95. The molecule has 2 heterocycles. The Kier molecular flexibility index (Phi) is 4.82. The van der Waals surface area contributed by atoms with Crippen LogP contribution in [0.1, 0.15) is 39.3 Å². The van der Waals surface area contributed by atoms with Crippen LogP contribution < -0.4 is 10.2 Å². The SMILES string of the molecule is CCCC1NC(=O)C(C(C)C)N(Cc2csc(=O)[nH]2)C1=O. The summed E-state index contributed by atoms with van der Waals surface area (Å²) in [6.45, 7) is 6.09. The molecule has 2 rings (SSSR count). The monoisotopic (exact) mass is 311 g/mol. The summed E-state index contributed by atoms with van der Waals surface area (Å²) in [5, 5.41) is 4.52. The van der Waals surface area contributed by atoms with Crippen molar-refractivity contribution in [3.63, 3.8) is 0 Å². The minimum Gasteiger partial charge on any atom is -0.342 e. The number of aromatic nitrogens is 1. The van der Waals surface area contributed by atoms with Crippen LogP contribution in [0.4, 0.5) is 0 Å². The molecule has 1 saturated heterocycles. The second kappa shape index (κ2) is 6.43. The number of amides is 2. The lowest BCUT2D eigenvalue weighted by Gasteiger charge is -2.40. The molecule has 6 nitrogen and oxygen atoms in total. The molecule has 2 N–H and O–H groups in total. The average molecular weight is 311 g/mol. The Morgan fingerprint density at radius 1 is 1.33 bits per heavy atom. The fraction of sp³-hybridized carbons (Fsp3) is 0.643. The molecule has 2 unspecified atom stereocenters. The van der Waals surface area contributed by atoms with E-state index in [0.717, 1.165) is 17.8 Å². The van der Waals surface area contributed by atoms with Crippen LogP contribution in [0.25, 0.3) is 0 Å². The standard InChI is InChI=1S/C14H21N3O3S/c1-4-5-10-13(19)17(6-9-7-21-14(20)15-9)11(8(2)3)12(18)16-10/h7-8,10-11H,4-6H2,1-3H3,(H,15,20)(H,16,18). The van der Waals surface area contributed by atoms with E-state index in [1.807, 2.05) is 20.8 Å². The van der Waals surface area contributed by atoms with Gasteiger partial charge >= 0.3 is 4.87 Å². The number of thiazole rings is 1. The van der Waals surface area contributed by atoms with Crippen molar-refractivity contribution in [2.24, 2.45) is 5.92 Å². The lowest BCUT2D eigenvalue weighted by molar-refractivity contribution is -0.152. The zero-order valence-electron chi connectivity index (χ0n) is 12.5. The number of aromatic amines is 1. The Bertz CT molecular complexity index is 578. The Morgan fingerprint density at radius 3 is 2.57 bits per heavy atom. The zero-order chi connectivity index (χ0) is 15.6. The smallest absolute Gasteiger partial charge is 0.304 e. The van der Waals surface area contributed by atoms with E-state index in [9.17, 15) is 14.4 Å². The van der Waals surface area contributed by atoms with Crippen molar-refractivity contribution < 1.29 is 9.59 Å². The Hall–Kier alpha value is -1.63. The molecule has 0 aromatic carbocycles. The van der Waals surface area contributed by atoms with Crippen LogP contribution in [0.3, 0.4) is 0 Å². The quantitative estimate of drug-likeness (QED) is 0.854. The average Bonchev–Trinajstić information content (AvgIpc) is 2.80. The summed E-state index contributed by atoms with van der Waals surface area (Å²) < 4.78 is 0. The first-order valence-corrected chi connectivity index (χ1v) is 8.09. The van der Waals surface area contributed by atoms with Crippen LogP contribution in [0.15, 0.2) is 10.2 Å². The molecule has 0 aliphatic carbocycles. The molecule has 2 amide bonds. The molecule has 1 aromatic rings. The summed E-state index contributed by atoms with van der Waals surface area (Å²) in [6.07, 6.45) is 1.46. The third-order valence-corrected chi connectivity index (χ3v) is 4.34. The molecule has 0 radical (unpaired) electrons. The van der Waals surface area contributed by atoms with E-state index < -0.39 is 12.1 Å². The van der Waals surface area contributed by atoms with Crippen LogP contribution in [-0.2, 0) is 16.1 Å². The van der Waals surface area contributed by atoms with Gasteiger partial charge in [0.15, 0.2) is 0 Å². The molecular formula is C14H21N3O3S. The van der Waals surface area contributed by atoms with Gasteiger partial charge < -0.3 is 15.2 Å². The molecule has 21 heavy (non-hydrogen) atoms. The van der Waals surface area contributed by atoms with E-state index in [2.05, 4.69) is 10.3 Å². The number of nitrogens with zero attached hydrogens (tertiary/aromatic N) is 1. The second-order valence-electron chi connectivity index (χ2n) is 5.68. The van der Waals surface area contributed by atoms with Crippen molar-refractivity contribution in [1.29, 1.82) is 0 Å². The van der Waals surface area contributed by atoms with Gasteiger partial charge in [0.05, 0.1) is 6.54 Å². The molecule has 116 valence electrons. The number of nitrogens with one attached hydrogen (secondary N) is 2. The molecule has 2 atom stereocenters. The third-order valence-electron chi connectivity index (χ3n) is 3.62. The van der Waals surface area contributed by atoms with Gasteiger partial charge in [0, 0.05) is 11.1 Å². The summed E-state index contributed by atoms with van der Waals surface area (Å²) in [4.78, 5) is 40.3. The maximum Gasteiger partial charge on any atom is 0.304 e. The van der Waals surface area contributed by atoms with Gasteiger partial charge in [0.2, 0.25) is 11.8 Å². The fourth-order valence-electron chi connectivity index (χ4n) is 2.70. The predicted molar refractivity (Wildman–Crippen MR) is 81.0 cm³/mol. The normalized spacial score (nSPS) is 22.8. The van der Waals surface area contributed by atoms with Crippen molar-refractivity contribution in [2.45, 2.75) is 52.2 Å². The van der Waals surface area contributed by atoms with Crippen molar-refractivity contribution in [1.82, 2.24) is 15.2 Å². The summed E-state index contributed by atoms with van der Waals surface area (Å²) in [5.74, 6) is -0.162. The Balaban J connectivity index is 2.27. The fourth-order valence-corrected chi connectivity index (χ4v) is 3.27. The van der Waals surface area contributed by atoms with E-state index >= 15 is 0 Å². The molecule has 1 fully saturated rings. The summed E-state index contributed by atoms with van der Waals surface area (Å²) >= 11 is 1.07. The second-order valence-corrected chi connectivity index (χ2v) is 6.52. The Labute approximate surface area is 127 Å².